The Bertz CT molecular complexity index is 578. The van der Waals surface area contributed by atoms with E-state index >= 15 is 0 Å². The second-order valence-electron chi connectivity index (χ2n) is 3.88. The van der Waals surface area contributed by atoms with Crippen molar-refractivity contribution in [3.05, 3.63) is 6.33 Å². The molecule has 5 N–H and O–H groups in total. The van der Waals surface area contributed by atoms with E-state index in [0.29, 0.717) is 29.9 Å². The maximum Gasteiger partial charge on any atom is 0.224 e. The first-order valence-electron chi connectivity index (χ1n) is 5.22. The number of hydrogen-bond acceptors (Lipinski definition) is 6. The van der Waals surface area contributed by atoms with Crippen LogP contribution in [0.3, 0.4) is 0 Å². The Labute approximate surface area is 96.0 Å². The summed E-state index contributed by atoms with van der Waals surface area (Å²) in [5, 5.41) is 5.90. The summed E-state index contributed by atoms with van der Waals surface area (Å²) >= 11 is 0. The van der Waals surface area contributed by atoms with E-state index in [4.69, 9.17) is 5.73 Å². The molecule has 1 saturated heterocycles. The fourth-order valence-corrected chi connectivity index (χ4v) is 1.86. The van der Waals surface area contributed by atoms with Crippen molar-refractivity contribution in [1.82, 2.24) is 25.3 Å². The highest BCUT2D eigenvalue weighted by Crippen LogP contribution is 2.19. The van der Waals surface area contributed by atoms with Crippen LogP contribution in [0.15, 0.2) is 6.33 Å². The van der Waals surface area contributed by atoms with E-state index in [9.17, 15) is 4.79 Å². The zero-order chi connectivity index (χ0) is 11.8. The molecule has 2 aromatic rings. The topological polar surface area (TPSA) is 122 Å². The Balaban J connectivity index is 1.93. The summed E-state index contributed by atoms with van der Waals surface area (Å²) in [7, 11) is 0. The molecule has 0 radical (unpaired) electrons. The molecule has 3 heterocycles. The summed E-state index contributed by atoms with van der Waals surface area (Å²) in [5.41, 5.74) is 6.79. The molecule has 1 aliphatic heterocycles. The van der Waals surface area contributed by atoms with Gasteiger partial charge in [0.1, 0.15) is 5.52 Å². The Morgan fingerprint density at radius 3 is 3.12 bits per heavy atom. The largest absolute Gasteiger partial charge is 0.368 e. The minimum atomic E-state index is 0.0169. The maximum absolute atomic E-state index is 11.1. The molecule has 17 heavy (non-hydrogen) atoms. The third-order valence-electron chi connectivity index (χ3n) is 2.62. The number of amides is 1. The van der Waals surface area contributed by atoms with E-state index in [0.717, 1.165) is 0 Å². The number of carbonyl (C=O) groups is 1. The third-order valence-corrected chi connectivity index (χ3v) is 2.62. The predicted molar refractivity (Wildman–Crippen MR) is 61.1 cm³/mol. The van der Waals surface area contributed by atoms with Gasteiger partial charge in [-0.3, -0.25) is 4.79 Å². The van der Waals surface area contributed by atoms with Crippen molar-refractivity contribution in [3.8, 4) is 0 Å². The van der Waals surface area contributed by atoms with Gasteiger partial charge < -0.3 is 21.4 Å². The molecule has 1 aliphatic rings. The van der Waals surface area contributed by atoms with Crippen molar-refractivity contribution >= 4 is 28.8 Å². The van der Waals surface area contributed by atoms with Crippen molar-refractivity contribution in [2.24, 2.45) is 0 Å². The molecule has 1 unspecified atom stereocenters. The van der Waals surface area contributed by atoms with Gasteiger partial charge in [-0.2, -0.15) is 9.97 Å². The van der Waals surface area contributed by atoms with E-state index in [1.807, 2.05) is 0 Å². The van der Waals surface area contributed by atoms with E-state index in [1.54, 1.807) is 0 Å². The van der Waals surface area contributed by atoms with Gasteiger partial charge in [-0.25, -0.2) is 4.98 Å². The summed E-state index contributed by atoms with van der Waals surface area (Å²) in [5.74, 6) is 0.765. The number of aromatic amines is 1. The molecule has 0 saturated carbocycles. The van der Waals surface area contributed by atoms with Gasteiger partial charge in [-0.05, 0) is 0 Å². The number of nitrogens with two attached hydrogens (primary N) is 1. The Morgan fingerprint density at radius 1 is 1.47 bits per heavy atom. The van der Waals surface area contributed by atoms with Crippen LogP contribution in [0.2, 0.25) is 0 Å². The number of fused-ring (bicyclic) bond motifs is 1. The first kappa shape index (κ1) is 9.82. The number of rotatable bonds is 2. The zero-order valence-corrected chi connectivity index (χ0v) is 8.90. The second-order valence-corrected chi connectivity index (χ2v) is 3.88. The third kappa shape index (κ3) is 1.73. The predicted octanol–water partition coefficient (Wildman–Crippen LogP) is -0.764. The van der Waals surface area contributed by atoms with Crippen molar-refractivity contribution in [1.29, 1.82) is 0 Å². The van der Waals surface area contributed by atoms with Crippen LogP contribution in [-0.4, -0.2) is 38.4 Å². The molecule has 0 bridgehead atoms. The number of nitrogens with one attached hydrogen (secondary N) is 3. The van der Waals surface area contributed by atoms with E-state index in [1.165, 1.54) is 6.33 Å². The fourth-order valence-electron chi connectivity index (χ4n) is 1.86. The number of anilines is 2. The summed E-state index contributed by atoms with van der Waals surface area (Å²) in [6.45, 7) is 0.582. The summed E-state index contributed by atoms with van der Waals surface area (Å²) in [6, 6.07) is 0.0169. The van der Waals surface area contributed by atoms with Gasteiger partial charge in [-0.1, -0.05) is 0 Å². The average Bonchev–Trinajstić information content (AvgIpc) is 2.87. The van der Waals surface area contributed by atoms with Crippen molar-refractivity contribution < 1.29 is 4.79 Å². The lowest BCUT2D eigenvalue weighted by Gasteiger charge is -2.11. The first-order chi connectivity index (χ1) is 8.22. The molecular formula is C9H11N7O. The van der Waals surface area contributed by atoms with Gasteiger partial charge in [0.15, 0.2) is 11.5 Å². The van der Waals surface area contributed by atoms with Crippen LogP contribution in [0.1, 0.15) is 6.42 Å². The molecule has 1 fully saturated rings. The van der Waals surface area contributed by atoms with Crippen LogP contribution in [-0.2, 0) is 4.79 Å². The number of nitrogen functional groups attached to an aromatic ring is 1. The van der Waals surface area contributed by atoms with Crippen molar-refractivity contribution in [2.75, 3.05) is 17.6 Å². The number of H-pyrrole nitrogens is 1. The quantitative estimate of drug-likeness (QED) is 0.540. The maximum atomic E-state index is 11.1. The Hall–Kier alpha value is -2.38. The minimum absolute atomic E-state index is 0.0169. The highest BCUT2D eigenvalue weighted by Gasteiger charge is 2.22. The Morgan fingerprint density at radius 2 is 2.35 bits per heavy atom. The lowest BCUT2D eigenvalue weighted by molar-refractivity contribution is -0.119. The molecule has 0 aromatic carbocycles. The van der Waals surface area contributed by atoms with Gasteiger partial charge in [0.2, 0.25) is 11.9 Å². The molecule has 1 atom stereocenters. The minimum Gasteiger partial charge on any atom is -0.368 e. The van der Waals surface area contributed by atoms with Crippen LogP contribution in [0.25, 0.3) is 11.2 Å². The van der Waals surface area contributed by atoms with Crippen molar-refractivity contribution in [3.63, 3.8) is 0 Å². The lowest BCUT2D eigenvalue weighted by atomic mass is 10.2. The summed E-state index contributed by atoms with van der Waals surface area (Å²) in [6.07, 6.45) is 1.96. The normalized spacial score (nSPS) is 19.5. The molecule has 0 spiro atoms. The number of nitrogens with zero attached hydrogens (tertiary/aromatic N) is 3. The highest BCUT2D eigenvalue weighted by atomic mass is 16.1. The summed E-state index contributed by atoms with van der Waals surface area (Å²) in [4.78, 5) is 26.2. The highest BCUT2D eigenvalue weighted by molar-refractivity contribution is 5.85. The second kappa shape index (κ2) is 3.58. The van der Waals surface area contributed by atoms with Gasteiger partial charge in [0, 0.05) is 13.0 Å². The number of imidazole rings is 1. The van der Waals surface area contributed by atoms with E-state index < -0.39 is 0 Å². The number of carbonyl (C=O) groups excluding carboxylic acids is 1. The molecule has 8 nitrogen and oxygen atoms in total. The smallest absolute Gasteiger partial charge is 0.224 e. The summed E-state index contributed by atoms with van der Waals surface area (Å²) < 4.78 is 0. The van der Waals surface area contributed by atoms with Crippen LogP contribution in [0, 0.1) is 0 Å². The monoisotopic (exact) mass is 233 g/mol. The van der Waals surface area contributed by atoms with Crippen LogP contribution in [0.4, 0.5) is 11.8 Å². The zero-order valence-electron chi connectivity index (χ0n) is 8.90. The standard InChI is InChI=1S/C9H11N7O/c10-9-15-7-6(12-3-13-7)8(16-9)14-4-1-5(17)11-2-4/h3-4H,1-2H2,(H,11,17)(H4,10,12,13,14,15,16). The number of hydrogen-bond donors (Lipinski definition) is 4. The van der Waals surface area contributed by atoms with Crippen molar-refractivity contribution in [2.45, 2.75) is 12.5 Å². The molecule has 2 aromatic heterocycles. The van der Waals surface area contributed by atoms with E-state index in [-0.39, 0.29) is 17.9 Å². The molecule has 8 heteroatoms. The first-order valence-corrected chi connectivity index (χ1v) is 5.22. The van der Waals surface area contributed by atoms with Gasteiger partial charge >= 0.3 is 0 Å². The van der Waals surface area contributed by atoms with E-state index in [2.05, 4.69) is 30.6 Å². The van der Waals surface area contributed by atoms with Crippen LogP contribution in [0.5, 0.6) is 0 Å². The molecule has 88 valence electrons. The Kier molecular flexibility index (Phi) is 2.07. The van der Waals surface area contributed by atoms with Gasteiger partial charge in [-0.15, -0.1) is 0 Å². The lowest BCUT2D eigenvalue weighted by Crippen LogP contribution is -2.23. The fraction of sp³-hybridized carbons (Fsp3) is 0.333. The number of aromatic nitrogens is 4. The molecule has 0 aliphatic carbocycles. The SMILES string of the molecule is Nc1nc(NC2CNC(=O)C2)c2[nH]cnc2n1. The van der Waals surface area contributed by atoms with Gasteiger partial charge in [0.05, 0.1) is 12.4 Å². The average molecular weight is 233 g/mol. The molecule has 3 rings (SSSR count). The van der Waals surface area contributed by atoms with Crippen LogP contribution < -0.4 is 16.4 Å². The van der Waals surface area contributed by atoms with Crippen LogP contribution >= 0.6 is 0 Å². The van der Waals surface area contributed by atoms with Gasteiger partial charge in [0.25, 0.3) is 0 Å². The molecule has 1 amide bonds. The molecular weight excluding hydrogens is 222 g/mol.